The third-order valence-corrected chi connectivity index (χ3v) is 8.43. The summed E-state index contributed by atoms with van der Waals surface area (Å²) in [6.45, 7) is 20.8. The van der Waals surface area contributed by atoms with Crippen LogP contribution in [0.3, 0.4) is 0 Å². The van der Waals surface area contributed by atoms with E-state index in [0.29, 0.717) is 19.0 Å². The van der Waals surface area contributed by atoms with Crippen LogP contribution in [0, 0.1) is 5.41 Å². The average molecular weight is 584 g/mol. The number of benzene rings is 1. The van der Waals surface area contributed by atoms with Gasteiger partial charge in [-0.25, -0.2) is 0 Å². The Bertz CT molecular complexity index is 1430. The van der Waals surface area contributed by atoms with Gasteiger partial charge in [0.25, 0.3) is 6.47 Å². The van der Waals surface area contributed by atoms with E-state index in [9.17, 15) is 4.79 Å². The summed E-state index contributed by atoms with van der Waals surface area (Å²) >= 11 is 0. The molecule has 0 aliphatic carbocycles. The first kappa shape index (κ1) is 34.0. The second kappa shape index (κ2) is 16.4. The molecule has 1 atom stereocenters. The Morgan fingerprint density at radius 1 is 1.16 bits per heavy atom. The summed E-state index contributed by atoms with van der Waals surface area (Å²) in [5, 5.41) is 1.22. The molecule has 0 saturated heterocycles. The van der Waals surface area contributed by atoms with Crippen molar-refractivity contribution in [2.75, 3.05) is 6.61 Å². The van der Waals surface area contributed by atoms with Crippen LogP contribution < -0.4 is 0 Å². The molecule has 0 amide bonds. The number of unbranched alkanes of at least 4 members (excludes halogenated alkanes) is 4. The van der Waals surface area contributed by atoms with Crippen molar-refractivity contribution in [2.24, 2.45) is 10.4 Å². The molecule has 0 fully saturated rings. The first-order chi connectivity index (χ1) is 20.7. The van der Waals surface area contributed by atoms with E-state index in [2.05, 4.69) is 90.0 Å². The second-order valence-corrected chi connectivity index (χ2v) is 12.6. The molecule has 5 heteroatoms. The smallest absolute Gasteiger partial charge is 0.293 e. The molecule has 0 radical (unpaired) electrons. The lowest BCUT2D eigenvalue weighted by Gasteiger charge is -2.25. The van der Waals surface area contributed by atoms with E-state index < -0.39 is 0 Å². The number of rotatable bonds is 18. The summed E-state index contributed by atoms with van der Waals surface area (Å²) in [6.07, 6.45) is 14.8. The number of aliphatic imine (C=N–C) groups is 1. The molecule has 0 aliphatic heterocycles. The molecule has 2 aromatic heterocycles. The predicted molar refractivity (Wildman–Crippen MR) is 184 cm³/mol. The Morgan fingerprint density at radius 3 is 2.60 bits per heavy atom. The number of carbonyl (C=O) groups excluding carboxylic acids is 1. The van der Waals surface area contributed by atoms with E-state index in [1.807, 2.05) is 18.3 Å². The minimum Gasteiger partial charge on any atom is -0.467 e. The molecule has 5 nitrogen and oxygen atoms in total. The van der Waals surface area contributed by atoms with Crippen molar-refractivity contribution in [2.45, 2.75) is 112 Å². The number of fused-ring (bicyclic) bond motifs is 1. The highest BCUT2D eigenvalue weighted by molar-refractivity contribution is 5.95. The predicted octanol–water partition coefficient (Wildman–Crippen LogP) is 10.3. The van der Waals surface area contributed by atoms with Crippen LogP contribution in [0.1, 0.15) is 116 Å². The number of aromatic nitrogens is 2. The highest BCUT2D eigenvalue weighted by Gasteiger charge is 2.28. The van der Waals surface area contributed by atoms with Crippen molar-refractivity contribution in [3.05, 3.63) is 72.1 Å². The molecule has 3 aromatic rings. The largest absolute Gasteiger partial charge is 0.467 e. The summed E-state index contributed by atoms with van der Waals surface area (Å²) in [4.78, 5) is 21.1. The number of pyridine rings is 1. The molecule has 2 heterocycles. The Kier molecular flexibility index (Phi) is 13.0. The zero-order chi connectivity index (χ0) is 31.4. The molecule has 3 rings (SSSR count). The maximum atomic E-state index is 11.1. The van der Waals surface area contributed by atoms with E-state index in [-0.39, 0.29) is 5.41 Å². The maximum Gasteiger partial charge on any atom is 0.293 e. The van der Waals surface area contributed by atoms with Gasteiger partial charge in [-0.3, -0.25) is 14.8 Å². The fraction of sp³-hybridized carbons (Fsp3) is 0.500. The highest BCUT2D eigenvalue weighted by atomic mass is 16.5. The molecule has 0 saturated carbocycles. The standard InChI is InChI=1S/C38H53N3O2/c1-9-13-14-15-16-17-19-29(6)40-34(11-3)30-21-22-35-32(24-30)33(25-38(7,8)26-43-27-42)37(41(35)12-4)31-20-18-23-39-36(31)28(5)10-2/h9,11,18,20-24,27-28H,1,10,12-17,19,25-26H2,2-8H3/b34-11-,40-29?. The number of aryl methyl sites for hydroxylation is 1. The molecule has 1 unspecified atom stereocenters. The van der Waals surface area contributed by atoms with Crippen molar-refractivity contribution in [1.29, 1.82) is 0 Å². The minimum absolute atomic E-state index is 0.249. The SMILES string of the molecule is C=CCCCCCCC(C)=N/C(=C\C)c1ccc2c(c1)c(CC(C)(C)COC=O)c(-c1cccnc1C(C)CC)n2CC. The summed E-state index contributed by atoms with van der Waals surface area (Å²) in [5.74, 6) is 0.336. The van der Waals surface area contributed by atoms with Crippen LogP contribution in [0.25, 0.3) is 27.9 Å². The maximum absolute atomic E-state index is 11.1. The minimum atomic E-state index is -0.249. The fourth-order valence-electron chi connectivity index (χ4n) is 5.97. The number of hydrogen-bond acceptors (Lipinski definition) is 4. The number of carbonyl (C=O) groups is 1. The number of ether oxygens (including phenoxy) is 1. The molecule has 0 N–H and O–H groups in total. The van der Waals surface area contributed by atoms with Crippen LogP contribution in [0.4, 0.5) is 0 Å². The lowest BCUT2D eigenvalue weighted by atomic mass is 9.84. The molecule has 0 aliphatic rings. The summed E-state index contributed by atoms with van der Waals surface area (Å²) < 4.78 is 7.73. The van der Waals surface area contributed by atoms with Gasteiger partial charge in [-0.1, -0.05) is 58.8 Å². The Labute approximate surface area is 260 Å². The van der Waals surface area contributed by atoms with Crippen molar-refractivity contribution in [3.8, 4) is 11.3 Å². The van der Waals surface area contributed by atoms with Crippen LogP contribution in [0.5, 0.6) is 0 Å². The van der Waals surface area contributed by atoms with E-state index in [0.717, 1.165) is 55.6 Å². The van der Waals surface area contributed by atoms with Gasteiger partial charge in [0.15, 0.2) is 0 Å². The molecule has 1 aromatic carbocycles. The van der Waals surface area contributed by atoms with Crippen LogP contribution in [0.2, 0.25) is 0 Å². The number of nitrogens with zero attached hydrogens (tertiary/aromatic N) is 3. The van der Waals surface area contributed by atoms with Gasteiger partial charge in [0.2, 0.25) is 0 Å². The summed E-state index contributed by atoms with van der Waals surface area (Å²) in [7, 11) is 0. The quantitative estimate of drug-likeness (QED) is 0.0648. The fourth-order valence-corrected chi connectivity index (χ4v) is 5.97. The van der Waals surface area contributed by atoms with Gasteiger partial charge in [-0.2, -0.15) is 0 Å². The number of hydrogen-bond donors (Lipinski definition) is 0. The number of allylic oxidation sites excluding steroid dienone is 2. The lowest BCUT2D eigenvalue weighted by molar-refractivity contribution is -0.131. The first-order valence-corrected chi connectivity index (χ1v) is 16.2. The zero-order valence-electron chi connectivity index (χ0n) is 27.7. The zero-order valence-corrected chi connectivity index (χ0v) is 27.7. The van der Waals surface area contributed by atoms with Crippen LogP contribution in [0.15, 0.2) is 60.3 Å². The molecular formula is C38H53N3O2. The molecule has 0 spiro atoms. The van der Waals surface area contributed by atoms with Gasteiger partial charge in [0, 0.05) is 45.9 Å². The van der Waals surface area contributed by atoms with Crippen molar-refractivity contribution in [1.82, 2.24) is 9.55 Å². The van der Waals surface area contributed by atoms with Crippen LogP contribution in [-0.4, -0.2) is 28.3 Å². The van der Waals surface area contributed by atoms with E-state index in [1.54, 1.807) is 0 Å². The third kappa shape index (κ3) is 8.78. The van der Waals surface area contributed by atoms with E-state index in [4.69, 9.17) is 14.7 Å². The van der Waals surface area contributed by atoms with Gasteiger partial charge in [0.05, 0.1) is 23.7 Å². The van der Waals surface area contributed by atoms with Crippen molar-refractivity contribution in [3.63, 3.8) is 0 Å². The van der Waals surface area contributed by atoms with Crippen LogP contribution >= 0.6 is 0 Å². The molecular weight excluding hydrogens is 530 g/mol. The van der Waals surface area contributed by atoms with Crippen molar-refractivity contribution < 1.29 is 9.53 Å². The topological polar surface area (TPSA) is 56.5 Å². The molecule has 43 heavy (non-hydrogen) atoms. The van der Waals surface area contributed by atoms with Crippen LogP contribution in [-0.2, 0) is 22.5 Å². The Morgan fingerprint density at radius 2 is 1.93 bits per heavy atom. The molecule has 0 bridgehead atoms. The normalized spacial score (nSPS) is 13.4. The van der Waals surface area contributed by atoms with Gasteiger partial charge in [0.1, 0.15) is 0 Å². The average Bonchev–Trinajstić information content (AvgIpc) is 3.31. The Hall–Kier alpha value is -3.47. The van der Waals surface area contributed by atoms with Gasteiger partial charge < -0.3 is 9.30 Å². The van der Waals surface area contributed by atoms with Gasteiger partial charge >= 0.3 is 0 Å². The van der Waals surface area contributed by atoms with Crippen molar-refractivity contribution >= 4 is 28.8 Å². The Balaban J connectivity index is 2.14. The third-order valence-electron chi connectivity index (χ3n) is 8.43. The summed E-state index contributed by atoms with van der Waals surface area (Å²) in [6, 6.07) is 11.0. The first-order valence-electron chi connectivity index (χ1n) is 16.2. The molecule has 232 valence electrons. The van der Waals surface area contributed by atoms with E-state index >= 15 is 0 Å². The van der Waals surface area contributed by atoms with E-state index in [1.165, 1.54) is 52.7 Å². The second-order valence-electron chi connectivity index (χ2n) is 12.6. The highest BCUT2D eigenvalue weighted by Crippen LogP contribution is 2.41. The van der Waals surface area contributed by atoms with Gasteiger partial charge in [-0.15, -0.1) is 6.58 Å². The van der Waals surface area contributed by atoms with Gasteiger partial charge in [-0.05, 0) is 95.0 Å². The lowest BCUT2D eigenvalue weighted by Crippen LogP contribution is -2.22. The monoisotopic (exact) mass is 583 g/mol. The summed E-state index contributed by atoms with van der Waals surface area (Å²) in [5.41, 5.74) is 9.06.